The zero-order valence-electron chi connectivity index (χ0n) is 19.2. The van der Waals surface area contributed by atoms with Crippen LogP contribution in [0.15, 0.2) is 66.0 Å². The second kappa shape index (κ2) is 9.15. The molecule has 1 aliphatic heterocycles. The molecule has 170 valence electrons. The van der Waals surface area contributed by atoms with Gasteiger partial charge in [0.1, 0.15) is 5.82 Å². The van der Waals surface area contributed by atoms with Crippen LogP contribution in [-0.4, -0.2) is 36.5 Å². The van der Waals surface area contributed by atoms with E-state index >= 15 is 0 Å². The summed E-state index contributed by atoms with van der Waals surface area (Å²) >= 11 is 1.79. The second-order valence-electron chi connectivity index (χ2n) is 8.67. The maximum atomic E-state index is 13.3. The first-order valence-corrected chi connectivity index (χ1v) is 12.2. The van der Waals surface area contributed by atoms with Crippen LogP contribution in [-0.2, 0) is 6.54 Å². The largest absolute Gasteiger partial charge is 0.272 e. The van der Waals surface area contributed by atoms with Gasteiger partial charge in [0.25, 0.3) is 0 Å². The highest BCUT2D eigenvalue weighted by Crippen LogP contribution is 2.35. The summed E-state index contributed by atoms with van der Waals surface area (Å²) in [4.78, 5) is 1.19. The number of nitrogens with zero attached hydrogens (tertiary/aromatic N) is 5. The lowest BCUT2D eigenvalue weighted by molar-refractivity contribution is 0.398. The number of rotatable bonds is 6. The number of fused-ring (bicyclic) bond motifs is 1. The van der Waals surface area contributed by atoms with Gasteiger partial charge in [0.15, 0.2) is 0 Å². The molecule has 0 saturated carbocycles. The van der Waals surface area contributed by atoms with E-state index in [0.29, 0.717) is 6.04 Å². The SMILES string of the molecule is CCCn1cc(SN2CC=C(c3cc4cnn(-c5ccc(F)cc5)c4cc3C)CC2C)cn1. The Morgan fingerprint density at radius 3 is 2.70 bits per heavy atom. The van der Waals surface area contributed by atoms with Crippen molar-refractivity contribution in [3.8, 4) is 5.69 Å². The quantitative estimate of drug-likeness (QED) is 0.318. The van der Waals surface area contributed by atoms with Gasteiger partial charge in [0, 0.05) is 30.7 Å². The molecule has 7 heteroatoms. The van der Waals surface area contributed by atoms with Gasteiger partial charge in [-0.15, -0.1) is 0 Å². The predicted octanol–water partition coefficient (Wildman–Crippen LogP) is 6.26. The van der Waals surface area contributed by atoms with Gasteiger partial charge in [0.05, 0.1) is 28.5 Å². The van der Waals surface area contributed by atoms with E-state index in [4.69, 9.17) is 0 Å². The molecule has 2 aromatic carbocycles. The molecule has 5 rings (SSSR count). The van der Waals surface area contributed by atoms with Gasteiger partial charge in [-0.2, -0.15) is 10.2 Å². The highest BCUT2D eigenvalue weighted by atomic mass is 32.2. The highest BCUT2D eigenvalue weighted by Gasteiger charge is 2.23. The van der Waals surface area contributed by atoms with E-state index in [2.05, 4.69) is 59.7 Å². The zero-order chi connectivity index (χ0) is 22.9. The van der Waals surface area contributed by atoms with Gasteiger partial charge in [-0.3, -0.25) is 4.68 Å². The van der Waals surface area contributed by atoms with E-state index in [9.17, 15) is 4.39 Å². The first-order valence-electron chi connectivity index (χ1n) is 11.4. The van der Waals surface area contributed by atoms with E-state index in [-0.39, 0.29) is 5.82 Å². The fourth-order valence-electron chi connectivity index (χ4n) is 4.42. The Balaban J connectivity index is 1.37. The summed E-state index contributed by atoms with van der Waals surface area (Å²) in [6, 6.07) is 11.3. The Morgan fingerprint density at radius 1 is 1.12 bits per heavy atom. The molecule has 0 N–H and O–H groups in total. The van der Waals surface area contributed by atoms with Gasteiger partial charge < -0.3 is 0 Å². The summed E-state index contributed by atoms with van der Waals surface area (Å²) in [5, 5.41) is 10.1. The Hall–Kier alpha value is -2.90. The number of halogens is 1. The van der Waals surface area contributed by atoms with E-state index < -0.39 is 0 Å². The van der Waals surface area contributed by atoms with Crippen LogP contribution in [0.4, 0.5) is 4.39 Å². The van der Waals surface area contributed by atoms with E-state index in [1.165, 1.54) is 33.7 Å². The minimum atomic E-state index is -0.242. The number of aryl methyl sites for hydroxylation is 2. The highest BCUT2D eigenvalue weighted by molar-refractivity contribution is 7.97. The smallest absolute Gasteiger partial charge is 0.123 e. The molecule has 0 spiro atoms. The number of aromatic nitrogens is 4. The monoisotopic (exact) mass is 461 g/mol. The minimum absolute atomic E-state index is 0.242. The summed E-state index contributed by atoms with van der Waals surface area (Å²) < 4.78 is 19.7. The molecule has 1 aliphatic rings. The third-order valence-corrected chi connectivity index (χ3v) is 7.31. The van der Waals surface area contributed by atoms with Crippen LogP contribution in [0.3, 0.4) is 0 Å². The maximum Gasteiger partial charge on any atom is 0.123 e. The van der Waals surface area contributed by atoms with Crippen molar-refractivity contribution in [2.45, 2.75) is 51.1 Å². The molecular weight excluding hydrogens is 433 g/mol. The fraction of sp³-hybridized carbons (Fsp3) is 0.308. The molecule has 0 bridgehead atoms. The van der Waals surface area contributed by atoms with Crippen LogP contribution >= 0.6 is 11.9 Å². The molecule has 2 aromatic heterocycles. The first-order chi connectivity index (χ1) is 16.0. The van der Waals surface area contributed by atoms with Gasteiger partial charge in [-0.1, -0.05) is 13.0 Å². The van der Waals surface area contributed by atoms with Crippen molar-refractivity contribution in [1.82, 2.24) is 23.9 Å². The molecule has 0 saturated heterocycles. The van der Waals surface area contributed by atoms with Crippen LogP contribution < -0.4 is 0 Å². The van der Waals surface area contributed by atoms with E-state index in [0.717, 1.165) is 42.5 Å². The average Bonchev–Trinajstić information content (AvgIpc) is 3.42. The van der Waals surface area contributed by atoms with E-state index in [1.807, 2.05) is 21.8 Å². The lowest BCUT2D eigenvalue weighted by Crippen LogP contribution is -2.30. The number of hydrogen-bond donors (Lipinski definition) is 0. The van der Waals surface area contributed by atoms with Crippen molar-refractivity contribution in [1.29, 1.82) is 0 Å². The second-order valence-corrected chi connectivity index (χ2v) is 9.79. The maximum absolute atomic E-state index is 13.3. The topological polar surface area (TPSA) is 38.9 Å². The molecule has 5 nitrogen and oxygen atoms in total. The van der Waals surface area contributed by atoms with Crippen molar-refractivity contribution < 1.29 is 4.39 Å². The van der Waals surface area contributed by atoms with Crippen LogP contribution in [0.1, 0.15) is 37.8 Å². The van der Waals surface area contributed by atoms with Gasteiger partial charge >= 0.3 is 0 Å². The van der Waals surface area contributed by atoms with Crippen LogP contribution in [0, 0.1) is 12.7 Å². The molecule has 0 amide bonds. The molecular formula is C26H28FN5S. The van der Waals surface area contributed by atoms with Crippen molar-refractivity contribution in [3.63, 3.8) is 0 Å². The molecule has 0 fully saturated rings. The van der Waals surface area contributed by atoms with Crippen molar-refractivity contribution in [3.05, 3.63) is 78.0 Å². The van der Waals surface area contributed by atoms with Crippen LogP contribution in [0.2, 0.25) is 0 Å². The first kappa shape index (κ1) is 21.9. The van der Waals surface area contributed by atoms with Crippen LogP contribution in [0.25, 0.3) is 22.2 Å². The molecule has 1 unspecified atom stereocenters. The summed E-state index contributed by atoms with van der Waals surface area (Å²) in [6.45, 7) is 8.47. The Bertz CT molecular complexity index is 1300. The molecule has 33 heavy (non-hydrogen) atoms. The molecule has 1 atom stereocenters. The Kier molecular flexibility index (Phi) is 6.08. The van der Waals surface area contributed by atoms with Crippen LogP contribution in [0.5, 0.6) is 0 Å². The van der Waals surface area contributed by atoms with E-state index in [1.54, 1.807) is 24.1 Å². The lowest BCUT2D eigenvalue weighted by Gasteiger charge is -2.32. The third kappa shape index (κ3) is 4.48. The van der Waals surface area contributed by atoms with Crippen molar-refractivity contribution in [2.75, 3.05) is 6.54 Å². The predicted molar refractivity (Wildman–Crippen MR) is 133 cm³/mol. The standard InChI is InChI=1S/C26H28FN5S/c1-4-10-30-17-24(16-28-30)33-31-11-9-20(13-19(31)3)25-14-21-15-29-32(26(21)12-18(25)2)23-7-5-22(27)6-8-23/h5-9,12,14-17,19H,4,10-11,13H2,1-3H3. The summed E-state index contributed by atoms with van der Waals surface area (Å²) in [6.07, 6.45) is 10.4. The molecule has 0 radical (unpaired) electrons. The summed E-state index contributed by atoms with van der Waals surface area (Å²) in [7, 11) is 0. The van der Waals surface area contributed by atoms with Gasteiger partial charge in [0.2, 0.25) is 0 Å². The molecule has 0 aliphatic carbocycles. The summed E-state index contributed by atoms with van der Waals surface area (Å²) in [5.74, 6) is -0.242. The fourth-order valence-corrected chi connectivity index (χ4v) is 5.36. The average molecular weight is 462 g/mol. The number of benzene rings is 2. The summed E-state index contributed by atoms with van der Waals surface area (Å²) in [5.41, 5.74) is 5.79. The molecule has 3 heterocycles. The zero-order valence-corrected chi connectivity index (χ0v) is 20.0. The Morgan fingerprint density at radius 2 is 1.94 bits per heavy atom. The van der Waals surface area contributed by atoms with Crippen molar-refractivity contribution >= 4 is 28.4 Å². The number of hydrogen-bond acceptors (Lipinski definition) is 4. The van der Waals surface area contributed by atoms with Gasteiger partial charge in [-0.25, -0.2) is 13.4 Å². The van der Waals surface area contributed by atoms with Gasteiger partial charge in [-0.05, 0) is 91.7 Å². The third-order valence-electron chi connectivity index (χ3n) is 6.14. The normalized spacial score (nSPS) is 17.0. The minimum Gasteiger partial charge on any atom is -0.272 e. The molecule has 4 aromatic rings. The lowest BCUT2D eigenvalue weighted by atomic mass is 9.92. The van der Waals surface area contributed by atoms with Crippen molar-refractivity contribution in [2.24, 2.45) is 0 Å². The Labute approximate surface area is 198 Å².